The Labute approximate surface area is 408 Å². The monoisotopic (exact) mass is 948 g/mol. The van der Waals surface area contributed by atoms with Gasteiger partial charge in [-0.2, -0.15) is 0 Å². The molecule has 0 spiro atoms. The Morgan fingerprint density at radius 1 is 0.582 bits per heavy atom. The van der Waals surface area contributed by atoms with E-state index in [0.29, 0.717) is 12.8 Å². The van der Waals surface area contributed by atoms with Crippen molar-refractivity contribution in [3.8, 4) is 0 Å². The van der Waals surface area contributed by atoms with Crippen LogP contribution in [0.3, 0.4) is 0 Å². The van der Waals surface area contributed by atoms with Gasteiger partial charge in [0, 0.05) is 12.8 Å². The molecule has 1 heterocycles. The van der Waals surface area contributed by atoms with E-state index in [4.69, 9.17) is 14.2 Å². The summed E-state index contributed by atoms with van der Waals surface area (Å²) in [7, 11) is 0. The summed E-state index contributed by atoms with van der Waals surface area (Å²) in [4.78, 5) is 26.3. The molecular weight excluding hydrogens is 847 g/mol. The maximum atomic E-state index is 13.3. The van der Waals surface area contributed by atoms with Crippen LogP contribution in [0.2, 0.25) is 0 Å². The molecule has 0 aliphatic carbocycles. The molecule has 0 radical (unpaired) electrons. The zero-order valence-corrected chi connectivity index (χ0v) is 42.8. The van der Waals surface area contributed by atoms with E-state index in [1.807, 2.05) is 12.2 Å². The lowest BCUT2D eigenvalue weighted by Gasteiger charge is -2.41. The fraction of sp³-hybridized carbons (Fsp3) is 0.821. The number of nitrogens with one attached hydrogen (secondary N) is 1. The molecule has 0 aromatic carbocycles. The van der Waals surface area contributed by atoms with Gasteiger partial charge in [-0.1, -0.05) is 204 Å². The number of aliphatic hydroxyl groups is 5. The summed E-state index contributed by atoms with van der Waals surface area (Å²) >= 11 is 0. The summed E-state index contributed by atoms with van der Waals surface area (Å²) < 4.78 is 17.5. The van der Waals surface area contributed by atoms with Crippen LogP contribution in [-0.4, -0.2) is 99.6 Å². The van der Waals surface area contributed by atoms with Crippen molar-refractivity contribution in [1.82, 2.24) is 5.32 Å². The van der Waals surface area contributed by atoms with E-state index in [9.17, 15) is 35.1 Å². The SMILES string of the molecule is CCCCCC/C=C\CCCCCCCCCC(=O)OC1C(OCC(NC(=O)C(O)C/C=C/C/C=C\CCCCCCCC)C(O)/C=C/CCCCCCCCCCC)OC(CO)C(O)C1O. The number of hydrogen-bond donors (Lipinski definition) is 6. The Morgan fingerprint density at radius 3 is 1.55 bits per heavy atom. The molecule has 0 aromatic rings. The minimum absolute atomic E-state index is 0.0818. The molecule has 11 nitrogen and oxygen atoms in total. The van der Waals surface area contributed by atoms with Gasteiger partial charge in [0.15, 0.2) is 12.4 Å². The second-order valence-electron chi connectivity index (χ2n) is 19.0. The molecule has 390 valence electrons. The minimum Gasteiger partial charge on any atom is -0.454 e. The van der Waals surface area contributed by atoms with E-state index in [1.54, 1.807) is 12.2 Å². The summed E-state index contributed by atoms with van der Waals surface area (Å²) in [6, 6.07) is -1.05. The van der Waals surface area contributed by atoms with Gasteiger partial charge in [0.2, 0.25) is 5.91 Å². The number of allylic oxidation sites excluding steroid dienone is 6. The first kappa shape index (κ1) is 62.6. The van der Waals surface area contributed by atoms with E-state index in [1.165, 1.54) is 122 Å². The molecule has 11 heteroatoms. The summed E-state index contributed by atoms with van der Waals surface area (Å²) in [6.45, 7) is 5.69. The number of rotatable bonds is 45. The second-order valence-corrected chi connectivity index (χ2v) is 19.0. The molecule has 1 aliphatic heterocycles. The van der Waals surface area contributed by atoms with Crippen LogP contribution >= 0.6 is 0 Å². The standard InChI is InChI=1S/C56H101NO10/c1-4-7-10-13-16-19-22-24-25-26-29-32-35-38-41-44-51(61)67-54-53(63)52(62)50(45-58)66-56(54)65-46-47(48(59)42-39-36-33-30-27-21-18-15-12-9-6-3)57-55(64)49(60)43-40-37-34-31-28-23-20-17-14-11-8-5-2/h19,22,28,31,37,39-40,42,47-50,52-54,56,58-60,62-63H,4-18,20-21,23-27,29-30,32-36,38,41,43-46H2,1-3H3,(H,57,64)/b22-19-,31-28-,40-37+,42-39+. The van der Waals surface area contributed by atoms with Gasteiger partial charge in [0.1, 0.15) is 24.4 Å². The Kier molecular flexibility index (Phi) is 41.9. The van der Waals surface area contributed by atoms with Crippen molar-refractivity contribution in [1.29, 1.82) is 0 Å². The predicted molar refractivity (Wildman–Crippen MR) is 273 cm³/mol. The zero-order chi connectivity index (χ0) is 49.0. The predicted octanol–water partition coefficient (Wildman–Crippen LogP) is 11.7. The van der Waals surface area contributed by atoms with Crippen molar-refractivity contribution >= 4 is 11.9 Å². The van der Waals surface area contributed by atoms with Crippen LogP contribution in [0.1, 0.15) is 233 Å². The quantitative estimate of drug-likeness (QED) is 0.0196. The maximum Gasteiger partial charge on any atom is 0.306 e. The Balaban J connectivity index is 2.78. The third-order valence-corrected chi connectivity index (χ3v) is 12.7. The Bertz CT molecular complexity index is 1270. The molecule has 1 rings (SSSR count). The first-order chi connectivity index (χ1) is 32.7. The molecule has 0 bridgehead atoms. The fourth-order valence-corrected chi connectivity index (χ4v) is 8.28. The second kappa shape index (κ2) is 44.8. The topological polar surface area (TPSA) is 175 Å². The number of esters is 1. The van der Waals surface area contributed by atoms with Gasteiger partial charge < -0.3 is 45.1 Å². The van der Waals surface area contributed by atoms with Crippen molar-refractivity contribution in [3.63, 3.8) is 0 Å². The fourth-order valence-electron chi connectivity index (χ4n) is 8.28. The van der Waals surface area contributed by atoms with Crippen LogP contribution in [0.5, 0.6) is 0 Å². The summed E-state index contributed by atoms with van der Waals surface area (Å²) in [5.41, 5.74) is 0. The van der Waals surface area contributed by atoms with E-state index >= 15 is 0 Å². The highest BCUT2D eigenvalue weighted by molar-refractivity contribution is 5.81. The average Bonchev–Trinajstić information content (AvgIpc) is 3.32. The third kappa shape index (κ3) is 33.7. The molecule has 1 saturated heterocycles. The lowest BCUT2D eigenvalue weighted by atomic mass is 9.99. The van der Waals surface area contributed by atoms with Gasteiger partial charge in [0.05, 0.1) is 25.4 Å². The van der Waals surface area contributed by atoms with Gasteiger partial charge in [-0.05, 0) is 64.2 Å². The van der Waals surface area contributed by atoms with Gasteiger partial charge in [-0.25, -0.2) is 0 Å². The average molecular weight is 948 g/mol. The van der Waals surface area contributed by atoms with Gasteiger partial charge in [-0.15, -0.1) is 0 Å². The number of ether oxygens (including phenoxy) is 3. The van der Waals surface area contributed by atoms with Gasteiger partial charge >= 0.3 is 5.97 Å². The molecule has 67 heavy (non-hydrogen) atoms. The largest absolute Gasteiger partial charge is 0.454 e. The van der Waals surface area contributed by atoms with Crippen LogP contribution in [0.25, 0.3) is 0 Å². The van der Waals surface area contributed by atoms with E-state index < -0.39 is 67.4 Å². The van der Waals surface area contributed by atoms with Crippen molar-refractivity contribution in [2.24, 2.45) is 0 Å². The number of unbranched alkanes of at least 4 members (excludes halogenated alkanes) is 26. The van der Waals surface area contributed by atoms with Crippen LogP contribution in [0.15, 0.2) is 48.6 Å². The van der Waals surface area contributed by atoms with Crippen LogP contribution in [0.4, 0.5) is 0 Å². The lowest BCUT2D eigenvalue weighted by molar-refractivity contribution is -0.305. The Hall–Kier alpha value is -2.38. The molecule has 1 amide bonds. The van der Waals surface area contributed by atoms with E-state index in [2.05, 4.69) is 50.4 Å². The third-order valence-electron chi connectivity index (χ3n) is 12.7. The molecule has 0 saturated carbocycles. The summed E-state index contributed by atoms with van der Waals surface area (Å²) in [6.07, 6.45) is 41.8. The van der Waals surface area contributed by atoms with Crippen LogP contribution in [0, 0.1) is 0 Å². The molecule has 1 fully saturated rings. The van der Waals surface area contributed by atoms with Crippen molar-refractivity contribution < 1.29 is 49.3 Å². The van der Waals surface area contributed by atoms with E-state index in [-0.39, 0.29) is 19.4 Å². The van der Waals surface area contributed by atoms with E-state index in [0.717, 1.165) is 64.2 Å². The highest BCUT2D eigenvalue weighted by Gasteiger charge is 2.47. The van der Waals surface area contributed by atoms with Crippen molar-refractivity contribution in [3.05, 3.63) is 48.6 Å². The molecule has 1 aliphatic rings. The molecule has 8 unspecified atom stereocenters. The molecular formula is C56H101NO10. The highest BCUT2D eigenvalue weighted by Crippen LogP contribution is 2.26. The number of carbonyl (C=O) groups is 2. The minimum atomic E-state index is -1.62. The smallest absolute Gasteiger partial charge is 0.306 e. The van der Waals surface area contributed by atoms with Gasteiger partial charge in [-0.3, -0.25) is 9.59 Å². The maximum absolute atomic E-state index is 13.3. The van der Waals surface area contributed by atoms with Gasteiger partial charge in [0.25, 0.3) is 0 Å². The molecule has 6 N–H and O–H groups in total. The zero-order valence-electron chi connectivity index (χ0n) is 42.8. The highest BCUT2D eigenvalue weighted by atomic mass is 16.7. The number of carbonyl (C=O) groups excluding carboxylic acids is 2. The van der Waals surface area contributed by atoms with Crippen LogP contribution < -0.4 is 5.32 Å². The van der Waals surface area contributed by atoms with Crippen LogP contribution in [-0.2, 0) is 23.8 Å². The first-order valence-electron chi connectivity index (χ1n) is 27.4. The number of amides is 1. The summed E-state index contributed by atoms with van der Waals surface area (Å²) in [5.74, 6) is -1.27. The van der Waals surface area contributed by atoms with Crippen molar-refractivity contribution in [2.45, 2.75) is 282 Å². The number of aliphatic hydroxyl groups excluding tert-OH is 5. The molecule has 8 atom stereocenters. The molecule has 0 aromatic heterocycles. The van der Waals surface area contributed by atoms with Crippen molar-refractivity contribution in [2.75, 3.05) is 13.2 Å². The lowest BCUT2D eigenvalue weighted by Crippen LogP contribution is -2.61. The normalized spacial score (nSPS) is 20.4. The number of hydrogen-bond acceptors (Lipinski definition) is 10. The first-order valence-corrected chi connectivity index (χ1v) is 27.4. The Morgan fingerprint density at radius 2 is 1.03 bits per heavy atom. The summed E-state index contributed by atoms with van der Waals surface area (Å²) in [5, 5.41) is 56.5.